The fraction of sp³-hybridized carbons (Fsp3) is 0.400. The highest BCUT2D eigenvalue weighted by Crippen LogP contribution is 2.29. The van der Waals surface area contributed by atoms with Crippen LogP contribution < -0.4 is 9.47 Å². The van der Waals surface area contributed by atoms with E-state index in [9.17, 15) is 13.2 Å². The van der Waals surface area contributed by atoms with E-state index in [-0.39, 0.29) is 18.1 Å². The Labute approximate surface area is 90.4 Å². The van der Waals surface area contributed by atoms with Gasteiger partial charge in [-0.3, -0.25) is 0 Å². The number of hydrogen-bond donors (Lipinski definition) is 1. The molecule has 1 N–H and O–H groups in total. The predicted molar refractivity (Wildman–Crippen MR) is 50.2 cm³/mol. The van der Waals surface area contributed by atoms with E-state index < -0.39 is 6.36 Å². The molecule has 0 atom stereocenters. The lowest BCUT2D eigenvalue weighted by atomic mass is 10.2. The van der Waals surface area contributed by atoms with Crippen molar-refractivity contribution in [1.29, 1.82) is 0 Å². The van der Waals surface area contributed by atoms with Crippen LogP contribution in [0.5, 0.6) is 11.5 Å². The number of benzene rings is 1. The Morgan fingerprint density at radius 2 is 2.00 bits per heavy atom. The quantitative estimate of drug-likeness (QED) is 0.872. The Morgan fingerprint density at radius 1 is 1.31 bits per heavy atom. The van der Waals surface area contributed by atoms with Crippen LogP contribution in [0.4, 0.5) is 13.2 Å². The van der Waals surface area contributed by atoms with E-state index in [0.29, 0.717) is 12.2 Å². The zero-order valence-corrected chi connectivity index (χ0v) is 8.54. The molecule has 3 nitrogen and oxygen atoms in total. The molecule has 1 rings (SSSR count). The maximum atomic E-state index is 11.9. The Kier molecular flexibility index (Phi) is 4.00. The maximum absolute atomic E-state index is 11.9. The minimum atomic E-state index is -4.73. The molecular formula is C10H11F3O3. The van der Waals surface area contributed by atoms with Gasteiger partial charge in [-0.15, -0.1) is 13.2 Å². The first kappa shape index (κ1) is 12.6. The lowest BCUT2D eigenvalue weighted by molar-refractivity contribution is -0.274. The molecule has 0 unspecified atom stereocenters. The fourth-order valence-corrected chi connectivity index (χ4v) is 1.15. The average molecular weight is 236 g/mol. The van der Waals surface area contributed by atoms with Gasteiger partial charge in [-0.1, -0.05) is 0 Å². The van der Waals surface area contributed by atoms with Gasteiger partial charge in [0.1, 0.15) is 11.5 Å². The van der Waals surface area contributed by atoms with Crippen molar-refractivity contribution in [2.75, 3.05) is 6.61 Å². The second kappa shape index (κ2) is 5.07. The molecule has 16 heavy (non-hydrogen) atoms. The first-order valence-electron chi connectivity index (χ1n) is 4.58. The summed E-state index contributed by atoms with van der Waals surface area (Å²) in [6, 6.07) is 3.55. The Bertz CT molecular complexity index is 350. The summed E-state index contributed by atoms with van der Waals surface area (Å²) in [5.74, 6) is -0.181. The van der Waals surface area contributed by atoms with Gasteiger partial charge in [0.15, 0.2) is 0 Å². The van der Waals surface area contributed by atoms with Crippen LogP contribution in [0.15, 0.2) is 18.2 Å². The minimum Gasteiger partial charge on any atom is -0.493 e. The third-order valence-electron chi connectivity index (χ3n) is 1.74. The van der Waals surface area contributed by atoms with Crippen LogP contribution in [0.3, 0.4) is 0 Å². The summed E-state index contributed by atoms with van der Waals surface area (Å²) in [6.45, 7) is 1.68. The maximum Gasteiger partial charge on any atom is 0.573 e. The predicted octanol–water partition coefficient (Wildman–Crippen LogP) is 2.48. The van der Waals surface area contributed by atoms with Gasteiger partial charge in [0.25, 0.3) is 0 Å². The molecule has 0 heterocycles. The zero-order valence-electron chi connectivity index (χ0n) is 8.54. The van der Waals surface area contributed by atoms with Crippen molar-refractivity contribution >= 4 is 0 Å². The summed E-state index contributed by atoms with van der Waals surface area (Å²) in [4.78, 5) is 0. The van der Waals surface area contributed by atoms with Crippen LogP contribution in [-0.2, 0) is 6.61 Å². The van der Waals surface area contributed by atoms with Crippen LogP contribution in [0.2, 0.25) is 0 Å². The first-order chi connectivity index (χ1) is 7.46. The van der Waals surface area contributed by atoms with Gasteiger partial charge in [-0.25, -0.2) is 0 Å². The second-order valence-corrected chi connectivity index (χ2v) is 2.91. The summed E-state index contributed by atoms with van der Waals surface area (Å²) >= 11 is 0. The summed E-state index contributed by atoms with van der Waals surface area (Å²) in [5.41, 5.74) is 0.413. The van der Waals surface area contributed by atoms with Gasteiger partial charge in [-0.05, 0) is 19.1 Å². The minimum absolute atomic E-state index is 0.187. The first-order valence-corrected chi connectivity index (χ1v) is 4.58. The topological polar surface area (TPSA) is 38.7 Å². The number of aliphatic hydroxyl groups is 1. The van der Waals surface area contributed by atoms with Crippen molar-refractivity contribution in [3.63, 3.8) is 0 Å². The van der Waals surface area contributed by atoms with E-state index in [1.54, 1.807) is 6.92 Å². The number of alkyl halides is 3. The van der Waals surface area contributed by atoms with E-state index >= 15 is 0 Å². The van der Waals surface area contributed by atoms with Crippen LogP contribution in [0.1, 0.15) is 12.5 Å². The molecular weight excluding hydrogens is 225 g/mol. The third kappa shape index (κ3) is 3.62. The Morgan fingerprint density at radius 3 is 2.50 bits per heavy atom. The molecule has 0 aliphatic rings. The molecule has 6 heteroatoms. The molecule has 0 saturated heterocycles. The number of hydrogen-bond acceptors (Lipinski definition) is 3. The summed E-state index contributed by atoms with van der Waals surface area (Å²) in [7, 11) is 0. The van der Waals surface area contributed by atoms with Crippen LogP contribution in [0, 0.1) is 0 Å². The van der Waals surface area contributed by atoms with Gasteiger partial charge in [0, 0.05) is 11.6 Å². The number of ether oxygens (including phenoxy) is 2. The zero-order chi connectivity index (χ0) is 12.2. The molecule has 0 bridgehead atoms. The second-order valence-electron chi connectivity index (χ2n) is 2.91. The summed E-state index contributed by atoms with van der Waals surface area (Å²) in [6.07, 6.45) is -4.73. The molecule has 1 aromatic carbocycles. The molecule has 0 radical (unpaired) electrons. The molecule has 1 aromatic rings. The molecule has 0 spiro atoms. The fourth-order valence-electron chi connectivity index (χ4n) is 1.15. The smallest absolute Gasteiger partial charge is 0.493 e. The molecule has 0 amide bonds. The van der Waals surface area contributed by atoms with Crippen molar-refractivity contribution < 1.29 is 27.8 Å². The molecule has 0 aliphatic carbocycles. The van der Waals surface area contributed by atoms with Gasteiger partial charge in [0.05, 0.1) is 13.2 Å². The van der Waals surface area contributed by atoms with E-state index in [1.807, 2.05) is 0 Å². The van der Waals surface area contributed by atoms with E-state index in [0.717, 1.165) is 12.1 Å². The highest BCUT2D eigenvalue weighted by Gasteiger charge is 2.31. The standard InChI is InChI=1S/C10H11F3O3/c1-2-15-9-5-8(16-10(11,12)13)4-3-7(9)6-14/h3-5,14H,2,6H2,1H3. The van der Waals surface area contributed by atoms with Crippen molar-refractivity contribution in [3.8, 4) is 11.5 Å². The highest BCUT2D eigenvalue weighted by molar-refractivity contribution is 5.40. The van der Waals surface area contributed by atoms with Gasteiger partial charge < -0.3 is 14.6 Å². The van der Waals surface area contributed by atoms with Gasteiger partial charge >= 0.3 is 6.36 Å². The van der Waals surface area contributed by atoms with E-state index in [4.69, 9.17) is 9.84 Å². The van der Waals surface area contributed by atoms with Crippen molar-refractivity contribution in [1.82, 2.24) is 0 Å². The van der Waals surface area contributed by atoms with Crippen LogP contribution >= 0.6 is 0 Å². The average Bonchev–Trinajstić information content (AvgIpc) is 2.16. The third-order valence-corrected chi connectivity index (χ3v) is 1.74. The summed E-state index contributed by atoms with van der Waals surface area (Å²) in [5, 5.41) is 8.93. The van der Waals surface area contributed by atoms with Crippen LogP contribution in [0.25, 0.3) is 0 Å². The van der Waals surface area contributed by atoms with E-state index in [1.165, 1.54) is 6.07 Å². The Balaban J connectivity index is 2.93. The molecule has 90 valence electrons. The lowest BCUT2D eigenvalue weighted by Gasteiger charge is -2.12. The van der Waals surface area contributed by atoms with Crippen molar-refractivity contribution in [2.45, 2.75) is 19.9 Å². The van der Waals surface area contributed by atoms with Crippen LogP contribution in [-0.4, -0.2) is 18.1 Å². The van der Waals surface area contributed by atoms with Gasteiger partial charge in [-0.2, -0.15) is 0 Å². The summed E-state index contributed by atoms with van der Waals surface area (Å²) < 4.78 is 44.6. The number of aliphatic hydroxyl groups excluding tert-OH is 1. The van der Waals surface area contributed by atoms with Crippen molar-refractivity contribution in [2.24, 2.45) is 0 Å². The molecule has 0 fully saturated rings. The lowest BCUT2D eigenvalue weighted by Crippen LogP contribution is -2.17. The normalized spacial score (nSPS) is 11.3. The van der Waals surface area contributed by atoms with E-state index in [2.05, 4.69) is 4.74 Å². The largest absolute Gasteiger partial charge is 0.573 e. The van der Waals surface area contributed by atoms with Crippen molar-refractivity contribution in [3.05, 3.63) is 23.8 Å². The molecule has 0 aromatic heterocycles. The number of halogens is 3. The van der Waals surface area contributed by atoms with Gasteiger partial charge in [0.2, 0.25) is 0 Å². The number of rotatable bonds is 4. The Hall–Kier alpha value is -1.43. The highest BCUT2D eigenvalue weighted by atomic mass is 19.4. The monoisotopic (exact) mass is 236 g/mol. The molecule has 0 saturated carbocycles. The SMILES string of the molecule is CCOc1cc(OC(F)(F)F)ccc1CO. The molecule has 0 aliphatic heterocycles.